The zero-order chi connectivity index (χ0) is 12.1. The van der Waals surface area contributed by atoms with Gasteiger partial charge in [0.15, 0.2) is 0 Å². The molecular weight excluding hydrogens is 190 g/mol. The fraction of sp³-hybridized carbons (Fsp3) is 0.909. The molecule has 0 aromatic carbocycles. The summed E-state index contributed by atoms with van der Waals surface area (Å²) in [6.07, 6.45) is 0.566. The molecular formula is C11H25N3O. The Hall–Kier alpha value is -0.610. The molecule has 0 aliphatic heterocycles. The van der Waals surface area contributed by atoms with Crippen molar-refractivity contribution in [3.63, 3.8) is 0 Å². The van der Waals surface area contributed by atoms with Crippen molar-refractivity contribution in [2.24, 2.45) is 0 Å². The number of likely N-dealkylation sites (N-methyl/N-ethyl adjacent to an activating group) is 1. The van der Waals surface area contributed by atoms with Crippen molar-refractivity contribution < 1.29 is 4.79 Å². The number of hydrogen-bond donors (Lipinski definition) is 1. The highest BCUT2D eigenvalue weighted by molar-refractivity contribution is 5.75. The maximum absolute atomic E-state index is 11.3. The first-order valence-electron chi connectivity index (χ1n) is 5.35. The number of nitrogens with one attached hydrogen (secondary N) is 1. The predicted octanol–water partition coefficient (Wildman–Crippen LogP) is 0.395. The molecule has 4 heteroatoms. The van der Waals surface area contributed by atoms with Crippen LogP contribution in [-0.2, 0) is 4.79 Å². The van der Waals surface area contributed by atoms with Crippen LogP contribution in [0.2, 0.25) is 0 Å². The van der Waals surface area contributed by atoms with Gasteiger partial charge >= 0.3 is 0 Å². The van der Waals surface area contributed by atoms with Crippen LogP contribution in [0.4, 0.5) is 0 Å². The average Bonchev–Trinajstić information content (AvgIpc) is 2.11. The molecule has 0 aliphatic rings. The van der Waals surface area contributed by atoms with Crippen molar-refractivity contribution in [3.05, 3.63) is 0 Å². The number of carbonyl (C=O) groups is 1. The Bertz CT molecular complexity index is 200. The van der Waals surface area contributed by atoms with Gasteiger partial charge < -0.3 is 15.1 Å². The molecule has 0 saturated heterocycles. The first-order chi connectivity index (χ1) is 6.77. The van der Waals surface area contributed by atoms with Gasteiger partial charge in [0.05, 0.1) is 0 Å². The van der Waals surface area contributed by atoms with Crippen LogP contribution in [0, 0.1) is 0 Å². The van der Waals surface area contributed by atoms with Crippen molar-refractivity contribution in [2.75, 3.05) is 41.3 Å². The first kappa shape index (κ1) is 14.4. The highest BCUT2D eigenvalue weighted by Crippen LogP contribution is 2.07. The lowest BCUT2D eigenvalue weighted by atomic mass is 10.0. The fourth-order valence-electron chi connectivity index (χ4n) is 0.971. The van der Waals surface area contributed by atoms with Crippen molar-refractivity contribution in [1.29, 1.82) is 0 Å². The number of rotatable bonds is 6. The molecule has 1 N–H and O–H groups in total. The minimum Gasteiger partial charge on any atom is -0.349 e. The lowest BCUT2D eigenvalue weighted by Crippen LogP contribution is -2.47. The minimum atomic E-state index is 0.126. The maximum Gasteiger partial charge on any atom is 0.223 e. The summed E-state index contributed by atoms with van der Waals surface area (Å²) in [6.45, 7) is 5.98. The summed E-state index contributed by atoms with van der Waals surface area (Å²) in [6, 6.07) is 0. The highest BCUT2D eigenvalue weighted by atomic mass is 16.2. The third kappa shape index (κ3) is 5.74. The van der Waals surface area contributed by atoms with Crippen LogP contribution in [0.5, 0.6) is 0 Å². The summed E-state index contributed by atoms with van der Waals surface area (Å²) in [5.41, 5.74) is 0.126. The van der Waals surface area contributed by atoms with Crippen molar-refractivity contribution >= 4 is 5.91 Å². The van der Waals surface area contributed by atoms with Gasteiger partial charge in [-0.25, -0.2) is 0 Å². The van der Waals surface area contributed by atoms with E-state index in [2.05, 4.69) is 38.2 Å². The summed E-state index contributed by atoms with van der Waals surface area (Å²) in [4.78, 5) is 15.1. The summed E-state index contributed by atoms with van der Waals surface area (Å²) in [7, 11) is 7.69. The van der Waals surface area contributed by atoms with E-state index in [0.717, 1.165) is 13.1 Å². The zero-order valence-electron chi connectivity index (χ0n) is 10.9. The lowest BCUT2D eigenvalue weighted by molar-refractivity contribution is -0.128. The second-order valence-corrected chi connectivity index (χ2v) is 4.92. The lowest BCUT2D eigenvalue weighted by Gasteiger charge is -2.32. The van der Waals surface area contributed by atoms with Gasteiger partial charge in [0.25, 0.3) is 0 Å². The van der Waals surface area contributed by atoms with E-state index >= 15 is 0 Å². The number of carbonyl (C=O) groups excluding carboxylic acids is 1. The van der Waals surface area contributed by atoms with Gasteiger partial charge in [-0.05, 0) is 27.9 Å². The quantitative estimate of drug-likeness (QED) is 0.651. The third-order valence-electron chi connectivity index (χ3n) is 2.78. The molecule has 15 heavy (non-hydrogen) atoms. The highest BCUT2D eigenvalue weighted by Gasteiger charge is 2.19. The topological polar surface area (TPSA) is 35.6 Å². The monoisotopic (exact) mass is 215 g/mol. The Labute approximate surface area is 93.6 Å². The van der Waals surface area contributed by atoms with Crippen LogP contribution in [-0.4, -0.2) is 62.5 Å². The van der Waals surface area contributed by atoms with Gasteiger partial charge in [0.2, 0.25) is 5.91 Å². The molecule has 0 radical (unpaired) electrons. The SMILES string of the molecule is CN(C)C(=O)CCNCC(C)(C)N(C)C. The minimum absolute atomic E-state index is 0.126. The molecule has 0 unspecified atom stereocenters. The second-order valence-electron chi connectivity index (χ2n) is 4.92. The summed E-state index contributed by atoms with van der Waals surface area (Å²) >= 11 is 0. The molecule has 0 saturated carbocycles. The zero-order valence-corrected chi connectivity index (χ0v) is 10.9. The number of hydrogen-bond acceptors (Lipinski definition) is 3. The molecule has 0 aromatic heterocycles. The second kappa shape index (κ2) is 6.08. The molecule has 0 atom stereocenters. The van der Waals surface area contributed by atoms with E-state index in [1.807, 2.05) is 0 Å². The summed E-state index contributed by atoms with van der Waals surface area (Å²) in [5.74, 6) is 0.171. The van der Waals surface area contributed by atoms with E-state index in [9.17, 15) is 4.79 Å². The van der Waals surface area contributed by atoms with Crippen molar-refractivity contribution in [2.45, 2.75) is 25.8 Å². The molecule has 4 nitrogen and oxygen atoms in total. The molecule has 0 fully saturated rings. The predicted molar refractivity (Wildman–Crippen MR) is 63.9 cm³/mol. The Morgan fingerprint density at radius 2 is 1.73 bits per heavy atom. The largest absolute Gasteiger partial charge is 0.349 e. The van der Waals surface area contributed by atoms with E-state index in [-0.39, 0.29) is 11.4 Å². The summed E-state index contributed by atoms with van der Waals surface area (Å²) in [5, 5.41) is 3.30. The molecule has 0 aromatic rings. The Kier molecular flexibility index (Phi) is 5.83. The van der Waals surface area contributed by atoms with Crippen molar-refractivity contribution in [1.82, 2.24) is 15.1 Å². The normalized spacial score (nSPS) is 11.9. The Morgan fingerprint density at radius 3 is 2.13 bits per heavy atom. The van der Waals surface area contributed by atoms with E-state index in [1.54, 1.807) is 19.0 Å². The smallest absolute Gasteiger partial charge is 0.223 e. The first-order valence-corrected chi connectivity index (χ1v) is 5.35. The van der Waals surface area contributed by atoms with Gasteiger partial charge in [0, 0.05) is 39.1 Å². The molecule has 0 heterocycles. The van der Waals surface area contributed by atoms with E-state index in [1.165, 1.54) is 0 Å². The van der Waals surface area contributed by atoms with Gasteiger partial charge in [0.1, 0.15) is 0 Å². The van der Waals surface area contributed by atoms with Gasteiger partial charge in [-0.3, -0.25) is 4.79 Å². The molecule has 0 aliphatic carbocycles. The number of nitrogens with zero attached hydrogens (tertiary/aromatic N) is 2. The fourth-order valence-corrected chi connectivity index (χ4v) is 0.971. The molecule has 0 spiro atoms. The Morgan fingerprint density at radius 1 is 1.20 bits per heavy atom. The Balaban J connectivity index is 3.68. The molecule has 0 bridgehead atoms. The maximum atomic E-state index is 11.3. The summed E-state index contributed by atoms with van der Waals surface area (Å²) < 4.78 is 0. The van der Waals surface area contributed by atoms with E-state index in [0.29, 0.717) is 6.42 Å². The van der Waals surface area contributed by atoms with Crippen LogP contribution in [0.15, 0.2) is 0 Å². The third-order valence-corrected chi connectivity index (χ3v) is 2.78. The van der Waals surface area contributed by atoms with E-state index in [4.69, 9.17) is 0 Å². The van der Waals surface area contributed by atoms with Crippen LogP contribution >= 0.6 is 0 Å². The van der Waals surface area contributed by atoms with Crippen LogP contribution < -0.4 is 5.32 Å². The van der Waals surface area contributed by atoms with Gasteiger partial charge in [-0.2, -0.15) is 0 Å². The van der Waals surface area contributed by atoms with Crippen LogP contribution in [0.25, 0.3) is 0 Å². The molecule has 90 valence electrons. The average molecular weight is 215 g/mol. The molecule has 1 amide bonds. The standard InChI is InChI=1S/C11H25N3O/c1-11(2,14(5)6)9-12-8-7-10(15)13(3)4/h12H,7-9H2,1-6H3. The van der Waals surface area contributed by atoms with Crippen LogP contribution in [0.1, 0.15) is 20.3 Å². The van der Waals surface area contributed by atoms with Crippen molar-refractivity contribution in [3.8, 4) is 0 Å². The van der Waals surface area contributed by atoms with E-state index < -0.39 is 0 Å². The molecule has 0 rings (SSSR count). The van der Waals surface area contributed by atoms with Gasteiger partial charge in [-0.1, -0.05) is 0 Å². The van der Waals surface area contributed by atoms with Gasteiger partial charge in [-0.15, -0.1) is 0 Å². The van der Waals surface area contributed by atoms with Crippen LogP contribution in [0.3, 0.4) is 0 Å². The number of amides is 1.